The number of Topliss-reactive ketones (excluding diaryl/α,β-unsaturated/α-hetero) is 2. The third kappa shape index (κ3) is 4.30. The fourth-order valence-corrected chi connectivity index (χ4v) is 8.23. The molecule has 2 heterocycles. The number of carbonyl (C=O) groups excluding carboxylic acids is 2. The highest BCUT2D eigenvalue weighted by Crippen LogP contribution is 2.54. The Hall–Kier alpha value is -5.13. The maximum atomic E-state index is 13.1. The smallest absolute Gasteiger partial charge is 0.197 e. The van der Waals surface area contributed by atoms with Gasteiger partial charge in [-0.05, 0) is 89.9 Å². The molecule has 0 saturated heterocycles. The van der Waals surface area contributed by atoms with Gasteiger partial charge in [0.15, 0.2) is 11.6 Å². The Balaban J connectivity index is 1.23. The van der Waals surface area contributed by atoms with Gasteiger partial charge in [-0.25, -0.2) is 0 Å². The van der Waals surface area contributed by atoms with Crippen LogP contribution < -0.4 is 4.90 Å². The molecule has 2 aromatic heterocycles. The number of allylic oxidation sites excluding steroid dienone is 1. The predicted octanol–water partition coefficient (Wildman–Crippen LogP) is 10.2. The molecule has 0 amide bonds. The number of aryl methyl sites for hydroxylation is 2. The standard InChI is InChI=1S/C40H30N2O2S/c1-23-17-29(18-24(2)41-23)42(27-14-13-25-9-5-6-10-26(25)19-27)28-15-16-33-35(20-28)40(3,4)36-22-30(45-39(33)36)21-34-37(43)31-11-7-8-12-32(31)38(34)44/h5-22H,1-4H3. The second-order valence-electron chi connectivity index (χ2n) is 12.5. The summed E-state index contributed by atoms with van der Waals surface area (Å²) in [4.78, 5) is 35.2. The lowest BCUT2D eigenvalue weighted by Gasteiger charge is -2.28. The maximum absolute atomic E-state index is 13.1. The Morgan fingerprint density at radius 3 is 1.98 bits per heavy atom. The Labute approximate surface area is 266 Å². The number of hydrogen-bond donors (Lipinski definition) is 0. The van der Waals surface area contributed by atoms with Crippen LogP contribution in [0.3, 0.4) is 0 Å². The summed E-state index contributed by atoms with van der Waals surface area (Å²) in [6.07, 6.45) is 1.79. The zero-order valence-electron chi connectivity index (χ0n) is 25.5. The van der Waals surface area contributed by atoms with Crippen LogP contribution in [-0.4, -0.2) is 16.6 Å². The highest BCUT2D eigenvalue weighted by atomic mass is 32.1. The Morgan fingerprint density at radius 2 is 1.27 bits per heavy atom. The average Bonchev–Trinajstić information content (AvgIpc) is 3.62. The van der Waals surface area contributed by atoms with Crippen molar-refractivity contribution in [3.05, 3.63) is 147 Å². The molecule has 0 saturated carbocycles. The van der Waals surface area contributed by atoms with Gasteiger partial charge in [-0.2, -0.15) is 0 Å². The third-order valence-corrected chi connectivity index (χ3v) is 10.2. The van der Waals surface area contributed by atoms with Crippen molar-refractivity contribution in [2.75, 3.05) is 4.90 Å². The van der Waals surface area contributed by atoms with E-state index in [1.54, 1.807) is 41.7 Å². The molecule has 5 heteroatoms. The van der Waals surface area contributed by atoms with Crippen molar-refractivity contribution in [3.8, 4) is 10.4 Å². The van der Waals surface area contributed by atoms with E-state index in [1.807, 2.05) is 13.8 Å². The highest BCUT2D eigenvalue weighted by molar-refractivity contribution is 7.16. The Morgan fingerprint density at radius 1 is 0.644 bits per heavy atom. The number of rotatable bonds is 4. The van der Waals surface area contributed by atoms with Crippen LogP contribution in [0.2, 0.25) is 0 Å². The quantitative estimate of drug-likeness (QED) is 0.149. The molecule has 4 aromatic carbocycles. The monoisotopic (exact) mass is 602 g/mol. The molecule has 0 aliphatic heterocycles. The molecule has 0 radical (unpaired) electrons. The summed E-state index contributed by atoms with van der Waals surface area (Å²) in [6, 6.07) is 35.3. The summed E-state index contributed by atoms with van der Waals surface area (Å²) in [5, 5.41) is 2.40. The summed E-state index contributed by atoms with van der Waals surface area (Å²) in [7, 11) is 0. The number of anilines is 3. The molecule has 0 fully saturated rings. The fourth-order valence-electron chi connectivity index (χ4n) is 6.93. The highest BCUT2D eigenvalue weighted by Gasteiger charge is 2.39. The van der Waals surface area contributed by atoms with Gasteiger partial charge < -0.3 is 4.90 Å². The number of carbonyl (C=O) groups is 2. The summed E-state index contributed by atoms with van der Waals surface area (Å²) >= 11 is 1.65. The number of ketones is 2. The molecule has 6 aromatic rings. The van der Waals surface area contributed by atoms with Crippen molar-refractivity contribution in [3.63, 3.8) is 0 Å². The zero-order valence-corrected chi connectivity index (χ0v) is 26.3. The summed E-state index contributed by atoms with van der Waals surface area (Å²) in [5.41, 5.74) is 9.83. The van der Waals surface area contributed by atoms with Crippen LogP contribution in [-0.2, 0) is 5.41 Å². The summed E-state index contributed by atoms with van der Waals surface area (Å²) in [6.45, 7) is 8.59. The van der Waals surface area contributed by atoms with Gasteiger partial charge in [0.1, 0.15) is 0 Å². The van der Waals surface area contributed by atoms with Gasteiger partial charge in [0.05, 0.1) is 5.57 Å². The van der Waals surface area contributed by atoms with Gasteiger partial charge in [-0.3, -0.25) is 14.6 Å². The molecular formula is C40H30N2O2S. The van der Waals surface area contributed by atoms with E-state index in [-0.39, 0.29) is 22.6 Å². The molecule has 45 heavy (non-hydrogen) atoms. The number of pyridine rings is 1. The lowest BCUT2D eigenvalue weighted by molar-refractivity contribution is 0.0990. The number of nitrogens with zero attached hydrogens (tertiary/aromatic N) is 2. The fraction of sp³-hybridized carbons (Fsp3) is 0.125. The van der Waals surface area contributed by atoms with E-state index in [4.69, 9.17) is 0 Å². The normalized spacial score (nSPS) is 14.4. The SMILES string of the molecule is Cc1cc(N(c2ccc3c(c2)C(C)(C)c2cc(C=C4C(=O)c5ccccc5C4=O)sc2-3)c2ccc3ccccc3c2)cc(C)n1. The first-order valence-electron chi connectivity index (χ1n) is 15.1. The lowest BCUT2D eigenvalue weighted by Crippen LogP contribution is -2.16. The molecule has 0 N–H and O–H groups in total. The van der Waals surface area contributed by atoms with Crippen LogP contribution in [0, 0.1) is 13.8 Å². The van der Waals surface area contributed by atoms with E-state index in [2.05, 4.69) is 103 Å². The lowest BCUT2D eigenvalue weighted by atomic mass is 9.82. The first kappa shape index (κ1) is 27.4. The maximum Gasteiger partial charge on any atom is 0.197 e. The van der Waals surface area contributed by atoms with Crippen LogP contribution in [0.15, 0.2) is 109 Å². The minimum absolute atomic E-state index is 0.191. The molecule has 4 nitrogen and oxygen atoms in total. The Kier molecular flexibility index (Phi) is 6.06. The van der Waals surface area contributed by atoms with E-state index in [9.17, 15) is 9.59 Å². The summed E-state index contributed by atoms with van der Waals surface area (Å²) < 4.78 is 0. The van der Waals surface area contributed by atoms with E-state index in [1.165, 1.54) is 32.3 Å². The van der Waals surface area contributed by atoms with Crippen molar-refractivity contribution in [2.24, 2.45) is 0 Å². The van der Waals surface area contributed by atoms with Gasteiger partial charge in [0.2, 0.25) is 0 Å². The first-order chi connectivity index (χ1) is 21.7. The number of benzene rings is 4. The number of fused-ring (bicyclic) bond motifs is 5. The van der Waals surface area contributed by atoms with Gasteiger partial charge in [-0.1, -0.05) is 74.5 Å². The first-order valence-corrected chi connectivity index (χ1v) is 15.9. The molecule has 0 unspecified atom stereocenters. The minimum Gasteiger partial charge on any atom is -0.310 e. The number of thiophene rings is 1. The van der Waals surface area contributed by atoms with Crippen LogP contribution in [0.1, 0.15) is 62.0 Å². The van der Waals surface area contributed by atoms with Crippen molar-refractivity contribution in [2.45, 2.75) is 33.1 Å². The topological polar surface area (TPSA) is 50.3 Å². The van der Waals surface area contributed by atoms with Crippen molar-refractivity contribution in [1.82, 2.24) is 4.98 Å². The average molecular weight is 603 g/mol. The van der Waals surface area contributed by atoms with Crippen molar-refractivity contribution in [1.29, 1.82) is 0 Å². The third-order valence-electron chi connectivity index (χ3n) is 9.11. The molecule has 218 valence electrons. The zero-order chi connectivity index (χ0) is 31.0. The van der Waals surface area contributed by atoms with Crippen molar-refractivity contribution >= 4 is 56.8 Å². The van der Waals surface area contributed by atoms with Gasteiger partial charge in [0, 0.05) is 54.7 Å². The van der Waals surface area contributed by atoms with Gasteiger partial charge >= 0.3 is 0 Å². The minimum atomic E-state index is -0.264. The predicted molar refractivity (Wildman–Crippen MR) is 184 cm³/mol. The van der Waals surface area contributed by atoms with Crippen LogP contribution in [0.5, 0.6) is 0 Å². The number of aromatic nitrogens is 1. The van der Waals surface area contributed by atoms with Gasteiger partial charge in [0.25, 0.3) is 0 Å². The van der Waals surface area contributed by atoms with Crippen LogP contribution in [0.4, 0.5) is 17.1 Å². The molecular weight excluding hydrogens is 573 g/mol. The second-order valence-corrected chi connectivity index (χ2v) is 13.6. The second kappa shape index (κ2) is 9.94. The van der Waals surface area contributed by atoms with Crippen LogP contribution in [0.25, 0.3) is 27.3 Å². The largest absolute Gasteiger partial charge is 0.310 e. The van der Waals surface area contributed by atoms with Crippen molar-refractivity contribution < 1.29 is 9.59 Å². The molecule has 2 aliphatic rings. The van der Waals surface area contributed by atoms with E-state index in [0.29, 0.717) is 11.1 Å². The Bertz CT molecular complexity index is 2220. The van der Waals surface area contributed by atoms with E-state index >= 15 is 0 Å². The van der Waals surface area contributed by atoms with Crippen LogP contribution >= 0.6 is 11.3 Å². The summed E-state index contributed by atoms with van der Waals surface area (Å²) in [5.74, 6) is -0.382. The molecule has 2 aliphatic carbocycles. The molecule has 0 atom stereocenters. The van der Waals surface area contributed by atoms with Gasteiger partial charge in [-0.15, -0.1) is 11.3 Å². The molecule has 0 bridgehead atoms. The van der Waals surface area contributed by atoms with E-state index in [0.717, 1.165) is 33.3 Å². The van der Waals surface area contributed by atoms with E-state index < -0.39 is 0 Å². The molecule has 0 spiro atoms. The molecule has 8 rings (SSSR count). The number of hydrogen-bond acceptors (Lipinski definition) is 5.